The minimum Gasteiger partial charge on any atom is -0.490 e. The first-order valence-electron chi connectivity index (χ1n) is 9.47. The Morgan fingerprint density at radius 1 is 1.21 bits per heavy atom. The lowest BCUT2D eigenvalue weighted by Gasteiger charge is -2.19. The van der Waals surface area contributed by atoms with Crippen LogP contribution in [0.4, 0.5) is 5.69 Å². The summed E-state index contributed by atoms with van der Waals surface area (Å²) >= 11 is 1.69. The highest BCUT2D eigenvalue weighted by molar-refractivity contribution is 7.18. The van der Waals surface area contributed by atoms with Gasteiger partial charge < -0.3 is 19.7 Å². The number of quaternary nitrogens is 1. The molecule has 2 heterocycles. The molecule has 2 atom stereocenters. The Labute approximate surface area is 168 Å². The minimum atomic E-state index is -0.0417. The Kier molecular flexibility index (Phi) is 5.45. The number of thiazole rings is 1. The average molecular weight is 399 g/mol. The number of para-hydroxylation sites is 1. The topological polar surface area (TPSA) is 64.9 Å². The number of hydrogen-bond donors (Lipinski definition) is 2. The van der Waals surface area contributed by atoms with Crippen LogP contribution in [-0.2, 0) is 4.79 Å². The zero-order valence-electron chi connectivity index (χ0n) is 16.0. The summed E-state index contributed by atoms with van der Waals surface area (Å²) in [6, 6.07) is 13.8. The molecular weight excluding hydrogens is 374 g/mol. The molecule has 0 spiro atoms. The molecule has 146 valence electrons. The van der Waals surface area contributed by atoms with Crippen molar-refractivity contribution in [1.82, 2.24) is 4.98 Å². The van der Waals surface area contributed by atoms with Crippen LogP contribution in [0.1, 0.15) is 24.4 Å². The summed E-state index contributed by atoms with van der Waals surface area (Å²) in [6.07, 6.45) is 0.855. The van der Waals surface area contributed by atoms with Crippen LogP contribution in [0.5, 0.6) is 11.5 Å². The fourth-order valence-corrected chi connectivity index (χ4v) is 4.25. The van der Waals surface area contributed by atoms with Gasteiger partial charge in [-0.3, -0.25) is 4.79 Å². The van der Waals surface area contributed by atoms with Crippen molar-refractivity contribution in [1.29, 1.82) is 0 Å². The number of fused-ring (bicyclic) bond motifs is 2. The standard InChI is InChI=1S/C21H23N3O3S/c1-14(21-23-16-6-3-4-7-19(16)28-21)24(2)13-20(25)22-15-8-9-17-18(12-15)27-11-5-10-26-17/h3-4,6-9,12,14H,5,10-11,13H2,1-2H3,(H,22,25)/p+1/t14-/m0/s1. The van der Waals surface area contributed by atoms with Gasteiger partial charge in [-0.15, -0.1) is 11.3 Å². The number of likely N-dealkylation sites (N-methyl/N-ethyl adjacent to an activating group) is 1. The molecule has 7 heteroatoms. The SMILES string of the molecule is C[C@@H](c1nc2ccccc2s1)[NH+](C)CC(=O)Nc1ccc2c(c1)OCCCO2. The molecule has 2 N–H and O–H groups in total. The summed E-state index contributed by atoms with van der Waals surface area (Å²) in [7, 11) is 2.02. The molecule has 1 aliphatic heterocycles. The van der Waals surface area contributed by atoms with Gasteiger partial charge in [-0.2, -0.15) is 0 Å². The zero-order valence-corrected chi connectivity index (χ0v) is 16.8. The van der Waals surface area contributed by atoms with Crippen molar-refractivity contribution in [3.05, 3.63) is 47.5 Å². The van der Waals surface area contributed by atoms with E-state index in [1.807, 2.05) is 43.4 Å². The molecule has 28 heavy (non-hydrogen) atoms. The van der Waals surface area contributed by atoms with E-state index in [0.29, 0.717) is 25.5 Å². The number of amides is 1. The molecule has 1 unspecified atom stereocenters. The summed E-state index contributed by atoms with van der Waals surface area (Å²) in [5.74, 6) is 1.36. The maximum absolute atomic E-state index is 12.5. The van der Waals surface area contributed by atoms with Crippen LogP contribution in [0.25, 0.3) is 10.2 Å². The number of rotatable bonds is 5. The molecule has 3 aromatic rings. The number of carbonyl (C=O) groups excluding carboxylic acids is 1. The largest absolute Gasteiger partial charge is 0.490 e. The lowest BCUT2D eigenvalue weighted by atomic mass is 10.2. The highest BCUT2D eigenvalue weighted by Gasteiger charge is 2.22. The molecule has 0 aliphatic carbocycles. The van der Waals surface area contributed by atoms with Gasteiger partial charge in [0.25, 0.3) is 5.91 Å². The van der Waals surface area contributed by atoms with Gasteiger partial charge >= 0.3 is 0 Å². The molecule has 0 saturated carbocycles. The highest BCUT2D eigenvalue weighted by Crippen LogP contribution is 2.32. The molecule has 0 saturated heterocycles. The first-order valence-corrected chi connectivity index (χ1v) is 10.3. The van der Waals surface area contributed by atoms with E-state index in [1.54, 1.807) is 11.3 Å². The molecule has 2 aromatic carbocycles. The second kappa shape index (κ2) is 8.16. The van der Waals surface area contributed by atoms with Crippen molar-refractivity contribution >= 4 is 33.1 Å². The van der Waals surface area contributed by atoms with Gasteiger partial charge in [0, 0.05) is 18.2 Å². The monoisotopic (exact) mass is 398 g/mol. The fraction of sp³-hybridized carbons (Fsp3) is 0.333. The van der Waals surface area contributed by atoms with Gasteiger partial charge in [-0.25, -0.2) is 4.98 Å². The van der Waals surface area contributed by atoms with Gasteiger partial charge in [0.1, 0.15) is 6.04 Å². The number of carbonyl (C=O) groups is 1. The smallest absolute Gasteiger partial charge is 0.279 e. The Balaban J connectivity index is 1.39. The highest BCUT2D eigenvalue weighted by atomic mass is 32.1. The first kappa shape index (κ1) is 18.7. The number of hydrogen-bond acceptors (Lipinski definition) is 5. The van der Waals surface area contributed by atoms with Crippen LogP contribution < -0.4 is 19.7 Å². The van der Waals surface area contributed by atoms with Gasteiger partial charge in [0.05, 0.1) is 30.5 Å². The lowest BCUT2D eigenvalue weighted by molar-refractivity contribution is -0.902. The number of nitrogens with one attached hydrogen (secondary N) is 2. The summed E-state index contributed by atoms with van der Waals surface area (Å²) < 4.78 is 12.5. The third kappa shape index (κ3) is 4.10. The predicted octanol–water partition coefficient (Wildman–Crippen LogP) is 2.67. The van der Waals surface area contributed by atoms with E-state index in [9.17, 15) is 4.79 Å². The second-order valence-electron chi connectivity index (χ2n) is 7.02. The molecule has 1 aliphatic rings. The Bertz CT molecular complexity index is 955. The van der Waals surface area contributed by atoms with Crippen LogP contribution in [0.15, 0.2) is 42.5 Å². The van der Waals surface area contributed by atoms with Crippen molar-refractivity contribution < 1.29 is 19.2 Å². The van der Waals surface area contributed by atoms with Crippen LogP contribution >= 0.6 is 11.3 Å². The van der Waals surface area contributed by atoms with Crippen LogP contribution in [0.3, 0.4) is 0 Å². The van der Waals surface area contributed by atoms with Crippen molar-refractivity contribution in [3.8, 4) is 11.5 Å². The van der Waals surface area contributed by atoms with Crippen molar-refractivity contribution in [2.45, 2.75) is 19.4 Å². The van der Waals surface area contributed by atoms with Crippen molar-refractivity contribution in [2.24, 2.45) is 0 Å². The normalized spacial score (nSPS) is 15.6. The van der Waals surface area contributed by atoms with E-state index in [4.69, 9.17) is 14.5 Å². The maximum atomic E-state index is 12.5. The third-order valence-corrected chi connectivity index (χ3v) is 6.11. The molecule has 4 rings (SSSR count). The number of benzene rings is 2. The minimum absolute atomic E-state index is 0.0417. The van der Waals surface area contributed by atoms with Crippen LogP contribution in [-0.4, -0.2) is 37.7 Å². The van der Waals surface area contributed by atoms with Gasteiger partial charge in [-0.05, 0) is 31.2 Å². The molecule has 1 amide bonds. The zero-order chi connectivity index (χ0) is 19.5. The van der Waals surface area contributed by atoms with E-state index in [0.717, 1.165) is 33.3 Å². The maximum Gasteiger partial charge on any atom is 0.279 e. The molecule has 0 fully saturated rings. The first-order chi connectivity index (χ1) is 13.6. The number of anilines is 1. The van der Waals surface area contributed by atoms with Crippen molar-refractivity contribution in [3.63, 3.8) is 0 Å². The molecule has 6 nitrogen and oxygen atoms in total. The van der Waals surface area contributed by atoms with Crippen LogP contribution in [0.2, 0.25) is 0 Å². The van der Waals surface area contributed by atoms with Gasteiger partial charge in [0.2, 0.25) is 0 Å². The Morgan fingerprint density at radius 3 is 2.82 bits per heavy atom. The third-order valence-electron chi connectivity index (χ3n) is 4.89. The number of ether oxygens (including phenoxy) is 2. The van der Waals surface area contributed by atoms with Crippen molar-refractivity contribution in [2.75, 3.05) is 32.1 Å². The van der Waals surface area contributed by atoms with E-state index in [-0.39, 0.29) is 11.9 Å². The van der Waals surface area contributed by atoms with Gasteiger partial charge in [-0.1, -0.05) is 12.1 Å². The average Bonchev–Trinajstić information content (AvgIpc) is 2.98. The Morgan fingerprint density at radius 2 is 2.00 bits per heavy atom. The van der Waals surface area contributed by atoms with E-state index in [1.165, 1.54) is 4.70 Å². The number of nitrogens with zero attached hydrogens (tertiary/aromatic N) is 1. The summed E-state index contributed by atoms with van der Waals surface area (Å²) in [6.45, 7) is 3.73. The molecular formula is C21H24N3O3S+. The summed E-state index contributed by atoms with van der Waals surface area (Å²) in [4.78, 5) is 18.4. The number of aromatic nitrogens is 1. The molecule has 0 bridgehead atoms. The predicted molar refractivity (Wildman–Crippen MR) is 110 cm³/mol. The molecule has 0 radical (unpaired) electrons. The lowest BCUT2D eigenvalue weighted by Crippen LogP contribution is -3.10. The van der Waals surface area contributed by atoms with Crippen LogP contribution in [0, 0.1) is 0 Å². The second-order valence-corrected chi connectivity index (χ2v) is 8.09. The summed E-state index contributed by atoms with van der Waals surface area (Å²) in [5, 5.41) is 4.01. The van der Waals surface area contributed by atoms with E-state index in [2.05, 4.69) is 18.3 Å². The van der Waals surface area contributed by atoms with E-state index >= 15 is 0 Å². The fourth-order valence-electron chi connectivity index (χ4n) is 3.14. The molecule has 1 aromatic heterocycles. The Hall–Kier alpha value is -2.64. The van der Waals surface area contributed by atoms with E-state index < -0.39 is 0 Å². The quantitative estimate of drug-likeness (QED) is 0.694. The summed E-state index contributed by atoms with van der Waals surface area (Å²) in [5.41, 5.74) is 1.73. The van der Waals surface area contributed by atoms with Gasteiger partial charge in [0.15, 0.2) is 23.1 Å².